The van der Waals surface area contributed by atoms with Gasteiger partial charge in [-0.15, -0.1) is 11.3 Å². The molecule has 1 saturated heterocycles. The number of amides is 2. The summed E-state index contributed by atoms with van der Waals surface area (Å²) in [6.45, 7) is 7.90. The molecule has 4 rings (SSSR count). The highest BCUT2D eigenvalue weighted by Crippen LogP contribution is 2.33. The third-order valence-electron chi connectivity index (χ3n) is 5.65. The summed E-state index contributed by atoms with van der Waals surface area (Å²) in [4.78, 5) is 39.1. The van der Waals surface area contributed by atoms with Gasteiger partial charge < -0.3 is 9.80 Å². The molecular formula is C21H26N4O2S. The molecule has 0 N–H and O–H groups in total. The Kier molecular flexibility index (Phi) is 5.19. The number of likely N-dealkylation sites (tertiary alicyclic amines) is 1. The number of hydrogen-bond donors (Lipinski definition) is 0. The van der Waals surface area contributed by atoms with E-state index in [1.165, 1.54) is 4.88 Å². The quantitative estimate of drug-likeness (QED) is 0.793. The number of thiophene rings is 1. The zero-order valence-corrected chi connectivity index (χ0v) is 17.5. The molecule has 0 aliphatic carbocycles. The number of hydrogen-bond acceptors (Lipinski definition) is 5. The predicted octanol–water partition coefficient (Wildman–Crippen LogP) is 3.54. The van der Waals surface area contributed by atoms with Gasteiger partial charge >= 0.3 is 0 Å². The second-order valence-corrected chi connectivity index (χ2v) is 8.88. The number of rotatable bonds is 3. The van der Waals surface area contributed by atoms with Crippen molar-refractivity contribution in [1.29, 1.82) is 0 Å². The van der Waals surface area contributed by atoms with Crippen molar-refractivity contribution in [1.82, 2.24) is 19.8 Å². The van der Waals surface area contributed by atoms with Gasteiger partial charge in [-0.3, -0.25) is 9.59 Å². The van der Waals surface area contributed by atoms with Crippen molar-refractivity contribution in [3.63, 3.8) is 0 Å². The van der Waals surface area contributed by atoms with Gasteiger partial charge in [0, 0.05) is 55.0 Å². The number of nitrogens with zero attached hydrogens (tertiary/aromatic N) is 4. The van der Waals surface area contributed by atoms with Gasteiger partial charge in [0.15, 0.2) is 5.82 Å². The van der Waals surface area contributed by atoms with Crippen molar-refractivity contribution in [3.05, 3.63) is 45.2 Å². The maximum Gasteiger partial charge on any atom is 0.255 e. The van der Waals surface area contributed by atoms with Crippen LogP contribution in [-0.2, 0) is 17.8 Å². The van der Waals surface area contributed by atoms with Gasteiger partial charge in [-0.05, 0) is 24.8 Å². The van der Waals surface area contributed by atoms with E-state index in [2.05, 4.69) is 18.8 Å². The molecule has 0 spiro atoms. The maximum absolute atomic E-state index is 13.1. The minimum Gasteiger partial charge on any atom is -0.338 e. The van der Waals surface area contributed by atoms with Crippen LogP contribution in [0.2, 0.25) is 0 Å². The molecule has 4 heterocycles. The van der Waals surface area contributed by atoms with Crippen LogP contribution in [0.25, 0.3) is 0 Å². The summed E-state index contributed by atoms with van der Waals surface area (Å²) in [5, 5.41) is 1.97. The minimum atomic E-state index is -0.0639. The van der Waals surface area contributed by atoms with Crippen LogP contribution >= 0.6 is 11.3 Å². The van der Waals surface area contributed by atoms with Crippen LogP contribution in [0.4, 0.5) is 0 Å². The van der Waals surface area contributed by atoms with Crippen LogP contribution in [0.1, 0.15) is 77.9 Å². The number of fused-ring (bicyclic) bond motifs is 1. The fourth-order valence-corrected chi connectivity index (χ4v) is 4.87. The average Bonchev–Trinajstić information content (AvgIpc) is 3.36. The van der Waals surface area contributed by atoms with Gasteiger partial charge in [0.1, 0.15) is 0 Å². The maximum atomic E-state index is 13.1. The summed E-state index contributed by atoms with van der Waals surface area (Å²) >= 11 is 1.65. The van der Waals surface area contributed by atoms with E-state index in [4.69, 9.17) is 4.98 Å². The highest BCUT2D eigenvalue weighted by molar-refractivity contribution is 7.10. The molecule has 148 valence electrons. The molecule has 6 nitrogen and oxygen atoms in total. The highest BCUT2D eigenvalue weighted by Gasteiger charge is 2.33. The fourth-order valence-electron chi connectivity index (χ4n) is 3.97. The van der Waals surface area contributed by atoms with E-state index in [1.807, 2.05) is 27.4 Å². The minimum absolute atomic E-state index is 0.0639. The lowest BCUT2D eigenvalue weighted by molar-refractivity contribution is -0.129. The summed E-state index contributed by atoms with van der Waals surface area (Å²) in [6, 6.07) is 1.96. The first kappa shape index (κ1) is 19.1. The van der Waals surface area contributed by atoms with Crippen molar-refractivity contribution in [3.8, 4) is 0 Å². The molecule has 2 aliphatic heterocycles. The van der Waals surface area contributed by atoms with Gasteiger partial charge in [-0.25, -0.2) is 9.97 Å². The average molecular weight is 399 g/mol. The standard InChI is InChI=1S/C21H26N4O2S/c1-13(2)19-9-15(12-28-19)21(27)25-7-4-5-18(25)20-22-10-16-11-24(14(3)26)8-6-17(16)23-20/h9-10,12-13,18H,4-8,11H2,1-3H3/t18-/m0/s1. The second-order valence-electron chi connectivity index (χ2n) is 7.94. The summed E-state index contributed by atoms with van der Waals surface area (Å²) in [5.74, 6) is 1.33. The van der Waals surface area contributed by atoms with Gasteiger partial charge in [-0.2, -0.15) is 0 Å². The van der Waals surface area contributed by atoms with Crippen LogP contribution in [0.5, 0.6) is 0 Å². The Balaban J connectivity index is 1.55. The van der Waals surface area contributed by atoms with E-state index in [1.54, 1.807) is 18.3 Å². The van der Waals surface area contributed by atoms with Crippen LogP contribution in [0.3, 0.4) is 0 Å². The molecule has 1 fully saturated rings. The zero-order valence-electron chi connectivity index (χ0n) is 16.6. The van der Waals surface area contributed by atoms with Crippen molar-refractivity contribution >= 4 is 23.2 Å². The van der Waals surface area contributed by atoms with Crippen molar-refractivity contribution in [2.75, 3.05) is 13.1 Å². The molecule has 1 atom stereocenters. The topological polar surface area (TPSA) is 66.4 Å². The van der Waals surface area contributed by atoms with Gasteiger partial charge in [0.05, 0.1) is 17.3 Å². The lowest BCUT2D eigenvalue weighted by Crippen LogP contribution is -2.36. The molecule has 7 heteroatoms. The third-order valence-corrected chi connectivity index (χ3v) is 6.88. The van der Waals surface area contributed by atoms with Gasteiger partial charge in [0.2, 0.25) is 5.91 Å². The van der Waals surface area contributed by atoms with E-state index in [-0.39, 0.29) is 17.9 Å². The second kappa shape index (κ2) is 7.62. The number of aromatic nitrogens is 2. The predicted molar refractivity (Wildman–Crippen MR) is 108 cm³/mol. The van der Waals surface area contributed by atoms with E-state index in [0.717, 1.165) is 48.5 Å². The molecule has 0 aromatic carbocycles. The molecule has 0 saturated carbocycles. The Hall–Kier alpha value is -2.28. The fraction of sp³-hybridized carbons (Fsp3) is 0.524. The Labute approximate surface area is 169 Å². The highest BCUT2D eigenvalue weighted by atomic mass is 32.1. The van der Waals surface area contributed by atoms with Gasteiger partial charge in [0.25, 0.3) is 5.91 Å². The summed E-state index contributed by atoms with van der Waals surface area (Å²) < 4.78 is 0. The molecule has 0 bridgehead atoms. The largest absolute Gasteiger partial charge is 0.338 e. The Morgan fingerprint density at radius 1 is 1.29 bits per heavy atom. The first-order chi connectivity index (χ1) is 13.4. The lowest BCUT2D eigenvalue weighted by Gasteiger charge is -2.28. The zero-order chi connectivity index (χ0) is 19.8. The number of carbonyl (C=O) groups excluding carboxylic acids is 2. The monoisotopic (exact) mass is 398 g/mol. The molecule has 2 aromatic rings. The van der Waals surface area contributed by atoms with E-state index in [9.17, 15) is 9.59 Å². The molecule has 2 aliphatic rings. The first-order valence-electron chi connectivity index (χ1n) is 9.93. The Bertz CT molecular complexity index is 908. The van der Waals surface area contributed by atoms with Crippen molar-refractivity contribution in [2.45, 2.75) is 58.5 Å². The molecule has 2 aromatic heterocycles. The smallest absolute Gasteiger partial charge is 0.255 e. The van der Waals surface area contributed by atoms with Crippen LogP contribution in [0, 0.1) is 0 Å². The Morgan fingerprint density at radius 2 is 2.11 bits per heavy atom. The SMILES string of the molecule is CC(=O)N1CCc2nc([C@@H]3CCCN3C(=O)c3csc(C(C)C)c3)ncc2C1. The van der Waals surface area contributed by atoms with Crippen molar-refractivity contribution < 1.29 is 9.59 Å². The molecule has 0 unspecified atom stereocenters. The normalized spacial score (nSPS) is 19.2. The van der Waals surface area contributed by atoms with Crippen LogP contribution in [0.15, 0.2) is 17.6 Å². The summed E-state index contributed by atoms with van der Waals surface area (Å²) in [7, 11) is 0. The molecule has 0 radical (unpaired) electrons. The molecule has 2 amide bonds. The van der Waals surface area contributed by atoms with Gasteiger partial charge in [-0.1, -0.05) is 13.8 Å². The van der Waals surface area contributed by atoms with Crippen LogP contribution in [-0.4, -0.2) is 44.7 Å². The van der Waals surface area contributed by atoms with E-state index < -0.39 is 0 Å². The molecule has 28 heavy (non-hydrogen) atoms. The summed E-state index contributed by atoms with van der Waals surface area (Å²) in [5.41, 5.74) is 2.80. The Morgan fingerprint density at radius 3 is 2.82 bits per heavy atom. The lowest BCUT2D eigenvalue weighted by atomic mass is 10.1. The molecular weight excluding hydrogens is 372 g/mol. The number of carbonyl (C=O) groups is 2. The summed E-state index contributed by atoms with van der Waals surface area (Å²) in [6.07, 6.45) is 4.45. The van der Waals surface area contributed by atoms with E-state index in [0.29, 0.717) is 19.0 Å². The third kappa shape index (κ3) is 3.55. The van der Waals surface area contributed by atoms with Crippen LogP contribution < -0.4 is 0 Å². The van der Waals surface area contributed by atoms with E-state index >= 15 is 0 Å². The van der Waals surface area contributed by atoms with Crippen molar-refractivity contribution in [2.24, 2.45) is 0 Å². The first-order valence-corrected chi connectivity index (χ1v) is 10.8.